The van der Waals surface area contributed by atoms with Crippen molar-refractivity contribution in [3.05, 3.63) is 30.3 Å². The lowest BCUT2D eigenvalue weighted by Crippen LogP contribution is -2.65. The van der Waals surface area contributed by atoms with Crippen LogP contribution < -0.4 is 0 Å². The molecule has 27 heavy (non-hydrogen) atoms. The molecule has 0 N–H and O–H groups in total. The molecular weight excluding hydrogens is 436 g/mol. The van der Waals surface area contributed by atoms with Crippen molar-refractivity contribution >= 4 is 22.2 Å². The van der Waals surface area contributed by atoms with E-state index in [1.54, 1.807) is 0 Å². The van der Waals surface area contributed by atoms with E-state index in [0.29, 0.717) is 0 Å². The Morgan fingerprint density at radius 1 is 0.926 bits per heavy atom. The smallest absolute Gasteiger partial charge is 0.316 e. The van der Waals surface area contributed by atoms with E-state index in [1.807, 2.05) is 0 Å². The second-order valence-electron chi connectivity index (χ2n) is 4.95. The van der Waals surface area contributed by atoms with E-state index in [1.165, 1.54) is 18.2 Å². The van der Waals surface area contributed by atoms with Crippen molar-refractivity contribution < 1.29 is 51.9 Å². The third-order valence-corrected chi connectivity index (χ3v) is 5.23. The molecule has 1 aromatic carbocycles. The summed E-state index contributed by atoms with van der Waals surface area (Å²) in [7, 11) is -6.77. The van der Waals surface area contributed by atoms with Crippen LogP contribution in [-0.2, 0) is 18.5 Å². The van der Waals surface area contributed by atoms with Crippen LogP contribution in [0.1, 0.15) is 13.3 Å². The summed E-state index contributed by atoms with van der Waals surface area (Å²) in [6.45, 7) is -0.0164. The number of halogens is 8. The van der Waals surface area contributed by atoms with E-state index in [4.69, 9.17) is 0 Å². The number of benzene rings is 1. The minimum Gasteiger partial charge on any atom is -0.316 e. The molecule has 0 aromatic heterocycles. The van der Waals surface area contributed by atoms with E-state index in [2.05, 4.69) is 8.37 Å². The van der Waals surface area contributed by atoms with Gasteiger partial charge in [-0.05, 0) is 18.6 Å². The quantitative estimate of drug-likeness (QED) is 0.376. The predicted octanol–water partition coefficient (Wildman–Crippen LogP) is 4.92. The normalized spacial score (nSPS) is 14.4. The molecule has 0 amide bonds. The largest absolute Gasteiger partial charge is 0.439 e. The number of hydrogen-bond acceptors (Lipinski definition) is 5. The van der Waals surface area contributed by atoms with E-state index in [9.17, 15) is 43.5 Å². The van der Waals surface area contributed by atoms with Crippen molar-refractivity contribution in [1.29, 1.82) is 0 Å². The Labute approximate surface area is 153 Å². The first-order valence-corrected chi connectivity index (χ1v) is 9.10. The van der Waals surface area contributed by atoms with Gasteiger partial charge in [0.25, 0.3) is 0 Å². The maximum Gasteiger partial charge on any atom is 0.439 e. The highest BCUT2D eigenvalue weighted by Gasteiger charge is 2.85. The fourth-order valence-corrected chi connectivity index (χ4v) is 3.17. The first-order valence-electron chi connectivity index (χ1n) is 6.95. The molecule has 0 radical (unpaired) electrons. The fraction of sp³-hybridized carbons (Fsp3) is 0.538. The molecule has 0 unspecified atom stereocenters. The summed E-state index contributed by atoms with van der Waals surface area (Å²) in [5.41, 5.74) is 0. The van der Waals surface area contributed by atoms with Gasteiger partial charge < -0.3 is 4.74 Å². The van der Waals surface area contributed by atoms with Crippen LogP contribution in [0.2, 0.25) is 0 Å². The van der Waals surface area contributed by atoms with Gasteiger partial charge in [-0.2, -0.15) is 47.2 Å². The maximum atomic E-state index is 13.7. The molecule has 0 fully saturated rings. The molecule has 4 nitrogen and oxygen atoms in total. The van der Waals surface area contributed by atoms with Gasteiger partial charge in [0, 0.05) is 16.9 Å². The van der Waals surface area contributed by atoms with Crippen LogP contribution in [0, 0.1) is 0 Å². The zero-order valence-electron chi connectivity index (χ0n) is 13.3. The Bertz CT molecular complexity index is 725. The fourth-order valence-electron chi connectivity index (χ4n) is 1.45. The van der Waals surface area contributed by atoms with Gasteiger partial charge in [-0.25, -0.2) is 0 Å². The molecule has 0 aliphatic carbocycles. The Hall–Kier alpha value is -1.12. The van der Waals surface area contributed by atoms with Crippen LogP contribution >= 0.6 is 12.0 Å². The molecule has 0 atom stereocenters. The molecule has 0 saturated heterocycles. The van der Waals surface area contributed by atoms with Crippen molar-refractivity contribution in [2.45, 2.75) is 41.4 Å². The summed E-state index contributed by atoms with van der Waals surface area (Å²) >= 11 is -0.363. The molecule has 1 rings (SSSR count). The lowest BCUT2D eigenvalue weighted by atomic mass is 10.1. The average Bonchev–Trinajstić information content (AvgIpc) is 2.58. The number of alkyl halides is 8. The molecule has 0 heterocycles. The minimum atomic E-state index is -7.06. The topological polar surface area (TPSA) is 52.6 Å². The van der Waals surface area contributed by atoms with Crippen LogP contribution in [0.25, 0.3) is 0 Å². The lowest BCUT2D eigenvalue weighted by Gasteiger charge is -2.35. The first-order chi connectivity index (χ1) is 12.1. The number of hydrogen-bond donors (Lipinski definition) is 0. The maximum absolute atomic E-state index is 13.7. The highest BCUT2D eigenvalue weighted by Crippen LogP contribution is 2.55. The van der Waals surface area contributed by atoms with Crippen molar-refractivity contribution in [3.63, 3.8) is 0 Å². The van der Waals surface area contributed by atoms with Crippen LogP contribution in [0.4, 0.5) is 35.1 Å². The monoisotopic (exact) mass is 448 g/mol. The SMILES string of the molecule is CCCOC(F)(F)C(F)(F)C(F)(F)C(F)(F)S(=O)(=O)OSc1ccccc1. The second kappa shape index (κ2) is 8.09. The molecule has 1 aromatic rings. The van der Waals surface area contributed by atoms with Gasteiger partial charge in [0.15, 0.2) is 0 Å². The standard InChI is InChI=1S/C13H12F8O4S2/c1-2-8-24-12(18,19)10(14,15)11(16,17)13(20,21)27(22,23)25-26-9-6-4-3-5-7-9/h3-7H,2,8H2,1H3. The third kappa shape index (κ3) is 4.49. The summed E-state index contributed by atoms with van der Waals surface area (Å²) in [5.74, 6) is -13.9. The number of rotatable bonds is 10. The summed E-state index contributed by atoms with van der Waals surface area (Å²) in [6, 6.07) is 6.27. The van der Waals surface area contributed by atoms with Crippen LogP contribution in [0.3, 0.4) is 0 Å². The molecule has 0 bridgehead atoms. The van der Waals surface area contributed by atoms with Gasteiger partial charge in [-0.15, -0.1) is 0 Å². The Balaban J connectivity index is 3.16. The lowest BCUT2D eigenvalue weighted by molar-refractivity contribution is -0.417. The van der Waals surface area contributed by atoms with Gasteiger partial charge >= 0.3 is 33.3 Å². The van der Waals surface area contributed by atoms with Crippen LogP contribution in [0.5, 0.6) is 0 Å². The van der Waals surface area contributed by atoms with Gasteiger partial charge in [0.05, 0.1) is 6.61 Å². The Morgan fingerprint density at radius 3 is 1.93 bits per heavy atom. The van der Waals surface area contributed by atoms with Crippen molar-refractivity contribution in [3.8, 4) is 0 Å². The van der Waals surface area contributed by atoms with Gasteiger partial charge in [0.1, 0.15) is 0 Å². The number of ether oxygens (including phenoxy) is 1. The second-order valence-corrected chi connectivity index (χ2v) is 7.55. The minimum absolute atomic E-state index is 0.163. The molecule has 14 heteroatoms. The highest BCUT2D eigenvalue weighted by molar-refractivity contribution is 8.04. The highest BCUT2D eigenvalue weighted by atomic mass is 32.3. The molecule has 0 aliphatic rings. The molecule has 0 aliphatic heterocycles. The average molecular weight is 448 g/mol. The van der Waals surface area contributed by atoms with Crippen molar-refractivity contribution in [1.82, 2.24) is 0 Å². The van der Waals surface area contributed by atoms with E-state index in [-0.39, 0.29) is 23.4 Å². The summed E-state index contributed by atoms with van der Waals surface area (Å²) in [6.07, 6.45) is -6.40. The molecule has 156 valence electrons. The van der Waals surface area contributed by atoms with Crippen molar-refractivity contribution in [2.75, 3.05) is 6.61 Å². The van der Waals surface area contributed by atoms with E-state index in [0.717, 1.165) is 19.1 Å². The summed E-state index contributed by atoms with van der Waals surface area (Å²) in [5, 5.41) is -6.70. The van der Waals surface area contributed by atoms with Gasteiger partial charge in [0.2, 0.25) is 0 Å². The first kappa shape index (κ1) is 23.9. The van der Waals surface area contributed by atoms with E-state index >= 15 is 0 Å². The predicted molar refractivity (Wildman–Crippen MR) is 78.3 cm³/mol. The molecule has 0 spiro atoms. The Kier molecular flexibility index (Phi) is 7.17. The summed E-state index contributed by atoms with van der Waals surface area (Å²) in [4.78, 5) is -0.163. The molecule has 0 saturated carbocycles. The zero-order valence-corrected chi connectivity index (χ0v) is 14.9. The zero-order chi connectivity index (χ0) is 21.1. The Morgan fingerprint density at radius 2 is 1.44 bits per heavy atom. The van der Waals surface area contributed by atoms with Gasteiger partial charge in [-0.3, -0.25) is 0 Å². The van der Waals surface area contributed by atoms with Crippen LogP contribution in [-0.4, -0.2) is 38.2 Å². The van der Waals surface area contributed by atoms with Crippen molar-refractivity contribution in [2.24, 2.45) is 0 Å². The molecular formula is C13H12F8O4S2. The van der Waals surface area contributed by atoms with Crippen LogP contribution in [0.15, 0.2) is 35.2 Å². The summed E-state index contributed by atoms with van der Waals surface area (Å²) < 4.78 is 137. The third-order valence-electron chi connectivity index (χ3n) is 2.89. The van der Waals surface area contributed by atoms with Gasteiger partial charge in [-0.1, -0.05) is 25.1 Å². The van der Waals surface area contributed by atoms with E-state index < -0.39 is 39.9 Å².